The van der Waals surface area contributed by atoms with Crippen molar-refractivity contribution < 1.29 is 20.1 Å². The highest BCUT2D eigenvalue weighted by Gasteiger charge is 2.26. The summed E-state index contributed by atoms with van der Waals surface area (Å²) in [6.45, 7) is 4.20. The predicted molar refractivity (Wildman–Crippen MR) is 278 cm³/mol. The topological polar surface area (TPSA) is 89.8 Å². The van der Waals surface area contributed by atoms with E-state index in [1.54, 1.807) is 0 Å². The van der Waals surface area contributed by atoms with Gasteiger partial charge in [-0.3, -0.25) is 4.79 Å². The fourth-order valence-corrected chi connectivity index (χ4v) is 8.84. The number of unbranched alkanes of at least 4 members (excludes halogenated alkanes) is 38. The van der Waals surface area contributed by atoms with Gasteiger partial charge in [-0.05, 0) is 70.6 Å². The smallest absolute Gasteiger partial charge is 0.220 e. The van der Waals surface area contributed by atoms with Gasteiger partial charge in [0.25, 0.3) is 0 Å². The van der Waals surface area contributed by atoms with Gasteiger partial charge < -0.3 is 20.6 Å². The summed E-state index contributed by atoms with van der Waals surface area (Å²) in [6, 6.07) is -0.827. The molecule has 0 aliphatic heterocycles. The summed E-state index contributed by atoms with van der Waals surface area (Å²) in [5, 5.41) is 33.7. The van der Waals surface area contributed by atoms with Crippen molar-refractivity contribution in [2.75, 3.05) is 6.61 Å². The first-order chi connectivity index (χ1) is 31.1. The number of nitrogens with one attached hydrogen (secondary N) is 1. The number of carbonyl (C=O) groups excluding carboxylic acids is 1. The van der Waals surface area contributed by atoms with Gasteiger partial charge in [0.1, 0.15) is 6.10 Å². The number of carbonyl (C=O) groups is 1. The normalized spacial score (nSPS) is 13.5. The van der Waals surface area contributed by atoms with Crippen LogP contribution in [0.5, 0.6) is 0 Å². The first-order valence-electron chi connectivity index (χ1n) is 28.3. The van der Waals surface area contributed by atoms with Crippen molar-refractivity contribution in [1.29, 1.82) is 0 Å². The molecule has 4 N–H and O–H groups in total. The molecule has 0 fully saturated rings. The Morgan fingerprint density at radius 3 is 1.02 bits per heavy atom. The van der Waals surface area contributed by atoms with Gasteiger partial charge in [-0.15, -0.1) is 0 Å². The second kappa shape index (κ2) is 53.2. The van der Waals surface area contributed by atoms with Crippen LogP contribution in [-0.4, -0.2) is 46.1 Å². The largest absolute Gasteiger partial charge is 0.394 e. The van der Waals surface area contributed by atoms with Crippen LogP contribution in [0.3, 0.4) is 0 Å². The van der Waals surface area contributed by atoms with Crippen molar-refractivity contribution in [2.24, 2.45) is 0 Å². The van der Waals surface area contributed by atoms with Crippen LogP contribution in [-0.2, 0) is 4.79 Å². The number of hydrogen-bond donors (Lipinski definition) is 4. The monoisotopic (exact) mass is 886 g/mol. The third kappa shape index (κ3) is 48.3. The van der Waals surface area contributed by atoms with Crippen molar-refractivity contribution in [3.63, 3.8) is 0 Å². The van der Waals surface area contributed by atoms with E-state index in [4.69, 9.17) is 0 Å². The number of aliphatic hydroxyl groups is 3. The Labute approximate surface area is 394 Å². The molecule has 0 saturated heterocycles. The van der Waals surface area contributed by atoms with Crippen LogP contribution in [0.2, 0.25) is 0 Å². The third-order valence-electron chi connectivity index (χ3n) is 13.2. The molecule has 0 heterocycles. The Morgan fingerprint density at radius 1 is 0.397 bits per heavy atom. The van der Waals surface area contributed by atoms with Gasteiger partial charge >= 0.3 is 0 Å². The Kier molecular flexibility index (Phi) is 52.0. The van der Waals surface area contributed by atoms with E-state index in [0.717, 1.165) is 44.9 Å². The molecular weight excluding hydrogens is 775 g/mol. The molecule has 0 saturated carbocycles. The zero-order chi connectivity index (χ0) is 45.8. The van der Waals surface area contributed by atoms with E-state index in [1.807, 2.05) is 0 Å². The van der Waals surface area contributed by atoms with Crippen LogP contribution >= 0.6 is 0 Å². The molecule has 0 spiro atoms. The van der Waals surface area contributed by atoms with E-state index >= 15 is 0 Å². The Hall–Kier alpha value is -1.43. The van der Waals surface area contributed by atoms with E-state index in [-0.39, 0.29) is 12.5 Å². The number of hydrogen-bond acceptors (Lipinski definition) is 4. The molecule has 3 unspecified atom stereocenters. The maximum absolute atomic E-state index is 12.5. The molecular formula is C58H111NO4. The summed E-state index contributed by atoms with van der Waals surface area (Å²) in [7, 11) is 0. The minimum atomic E-state index is -1.16. The molecule has 0 aliphatic rings. The summed E-state index contributed by atoms with van der Waals surface area (Å²) >= 11 is 0. The van der Waals surface area contributed by atoms with Crippen LogP contribution in [0.15, 0.2) is 36.5 Å². The number of allylic oxidation sites excluding steroid dienone is 6. The average molecular weight is 887 g/mol. The van der Waals surface area contributed by atoms with Crippen molar-refractivity contribution in [1.82, 2.24) is 5.32 Å². The molecule has 0 rings (SSSR count). The van der Waals surface area contributed by atoms with Gasteiger partial charge in [0.05, 0.1) is 18.8 Å². The van der Waals surface area contributed by atoms with Gasteiger partial charge in [0.2, 0.25) is 5.91 Å². The van der Waals surface area contributed by atoms with Gasteiger partial charge in [-0.25, -0.2) is 0 Å². The molecule has 5 nitrogen and oxygen atoms in total. The number of aliphatic hydroxyl groups excluding tert-OH is 3. The van der Waals surface area contributed by atoms with Gasteiger partial charge in [-0.1, -0.05) is 262 Å². The summed E-state index contributed by atoms with van der Waals surface area (Å²) in [5.41, 5.74) is 0. The third-order valence-corrected chi connectivity index (χ3v) is 13.2. The maximum atomic E-state index is 12.5. The van der Waals surface area contributed by atoms with E-state index in [9.17, 15) is 20.1 Å². The summed E-state index contributed by atoms with van der Waals surface area (Å²) < 4.78 is 0. The van der Waals surface area contributed by atoms with E-state index < -0.39 is 18.2 Å². The second-order valence-corrected chi connectivity index (χ2v) is 19.5. The highest BCUT2D eigenvalue weighted by atomic mass is 16.3. The molecule has 1 amide bonds. The average Bonchev–Trinajstić information content (AvgIpc) is 3.29. The Bertz CT molecular complexity index is 978. The molecule has 3 atom stereocenters. The summed E-state index contributed by atoms with van der Waals surface area (Å²) in [4.78, 5) is 12.5. The standard InChI is InChI=1S/C58H111NO4/c1-3-5-7-9-11-13-15-17-19-21-23-25-26-27-28-29-30-31-32-33-35-37-39-41-43-45-47-49-51-53-57(62)59-55(54-60)58(63)56(61)52-50-48-46-44-42-40-38-36-34-24-22-20-18-16-14-12-10-8-6-4-2/h23,25,27-28,44,46,55-56,58,60-61,63H,3-22,24,26,29-43,45,47-54H2,1-2H3,(H,59,62)/b25-23-,28-27-,46-44+. The lowest BCUT2D eigenvalue weighted by atomic mass is 10.0. The van der Waals surface area contributed by atoms with Crippen LogP contribution in [0.1, 0.15) is 303 Å². The van der Waals surface area contributed by atoms with Crippen molar-refractivity contribution >= 4 is 5.91 Å². The van der Waals surface area contributed by atoms with E-state index in [0.29, 0.717) is 12.8 Å². The Balaban J connectivity index is 3.56. The van der Waals surface area contributed by atoms with Crippen molar-refractivity contribution in [2.45, 2.75) is 321 Å². The molecule has 372 valence electrons. The first kappa shape index (κ1) is 61.6. The van der Waals surface area contributed by atoms with Gasteiger partial charge in [-0.2, -0.15) is 0 Å². The number of rotatable bonds is 52. The fraction of sp³-hybridized carbons (Fsp3) is 0.879. The molecule has 0 aromatic heterocycles. The zero-order valence-electron chi connectivity index (χ0n) is 42.5. The molecule has 0 aliphatic carbocycles. The van der Waals surface area contributed by atoms with E-state index in [1.165, 1.54) is 231 Å². The minimum absolute atomic E-state index is 0.152. The van der Waals surface area contributed by atoms with Crippen molar-refractivity contribution in [3.8, 4) is 0 Å². The summed E-state index contributed by atoms with van der Waals surface area (Å²) in [6.07, 6.45) is 68.7. The SMILES string of the molecule is CCCCCCCCCCC/C=C\C/C=C\CCCCCCCCCCCCCCCC(=O)NC(CO)C(O)C(O)CCC/C=C/CCCCCCCCCCCCCCCCC. The molecule has 0 aromatic carbocycles. The zero-order valence-corrected chi connectivity index (χ0v) is 42.5. The molecule has 0 bridgehead atoms. The molecule has 0 aromatic rings. The molecule has 0 radical (unpaired) electrons. The van der Waals surface area contributed by atoms with Crippen LogP contribution < -0.4 is 5.32 Å². The fourth-order valence-electron chi connectivity index (χ4n) is 8.84. The Morgan fingerprint density at radius 2 is 0.683 bits per heavy atom. The lowest BCUT2D eigenvalue weighted by Gasteiger charge is -2.26. The van der Waals surface area contributed by atoms with Crippen LogP contribution in [0.25, 0.3) is 0 Å². The second-order valence-electron chi connectivity index (χ2n) is 19.5. The molecule has 63 heavy (non-hydrogen) atoms. The minimum Gasteiger partial charge on any atom is -0.394 e. The van der Waals surface area contributed by atoms with Crippen molar-refractivity contribution in [3.05, 3.63) is 36.5 Å². The maximum Gasteiger partial charge on any atom is 0.220 e. The number of amides is 1. The van der Waals surface area contributed by atoms with E-state index in [2.05, 4.69) is 55.6 Å². The lowest BCUT2D eigenvalue weighted by molar-refractivity contribution is -0.124. The van der Waals surface area contributed by atoms with Gasteiger partial charge in [0, 0.05) is 6.42 Å². The highest BCUT2D eigenvalue weighted by Crippen LogP contribution is 2.17. The highest BCUT2D eigenvalue weighted by molar-refractivity contribution is 5.76. The van der Waals surface area contributed by atoms with Gasteiger partial charge in [0.15, 0.2) is 0 Å². The first-order valence-corrected chi connectivity index (χ1v) is 28.3. The quantitative estimate of drug-likeness (QED) is 0.0362. The van der Waals surface area contributed by atoms with Crippen LogP contribution in [0, 0.1) is 0 Å². The predicted octanol–water partition coefficient (Wildman–Crippen LogP) is 17.4. The van der Waals surface area contributed by atoms with Crippen LogP contribution in [0.4, 0.5) is 0 Å². The lowest BCUT2D eigenvalue weighted by Crippen LogP contribution is -2.50. The molecule has 5 heteroatoms. The summed E-state index contributed by atoms with van der Waals surface area (Å²) in [5.74, 6) is -0.152.